The molecule has 1 saturated heterocycles. The minimum atomic E-state index is -4.01. The second-order valence-corrected chi connectivity index (χ2v) is 8.97. The lowest BCUT2D eigenvalue weighted by Gasteiger charge is -2.29. The van der Waals surface area contributed by atoms with Gasteiger partial charge in [0.1, 0.15) is 11.5 Å². The third kappa shape index (κ3) is 5.59. The molecule has 1 aliphatic heterocycles. The van der Waals surface area contributed by atoms with Gasteiger partial charge in [0.25, 0.3) is 5.91 Å². The molecular formula is C22H29N3O4S. The standard InChI is InChI=1S/C22H29N3O4S/c1-2-3-5-10-19-20(22(26)25-13-11-24-12-14-25)15-18(30(23,27)28)16-21(19)29-17-8-6-4-7-9-17/h4,6-9,15-16,24H,2-3,5,10-14H2,1H3,(H2,23,27,28). The molecule has 0 aliphatic carbocycles. The van der Waals surface area contributed by atoms with E-state index in [4.69, 9.17) is 9.88 Å². The Morgan fingerprint density at radius 2 is 1.83 bits per heavy atom. The largest absolute Gasteiger partial charge is 0.457 e. The summed E-state index contributed by atoms with van der Waals surface area (Å²) < 4.78 is 30.3. The van der Waals surface area contributed by atoms with Gasteiger partial charge in [0.15, 0.2) is 0 Å². The minimum Gasteiger partial charge on any atom is -0.457 e. The number of primary sulfonamides is 1. The van der Waals surface area contributed by atoms with E-state index in [1.165, 1.54) is 12.1 Å². The molecular weight excluding hydrogens is 402 g/mol. The fourth-order valence-corrected chi connectivity index (χ4v) is 4.08. The van der Waals surface area contributed by atoms with Crippen LogP contribution in [0.15, 0.2) is 47.4 Å². The van der Waals surface area contributed by atoms with E-state index in [1.54, 1.807) is 17.0 Å². The highest BCUT2D eigenvalue weighted by molar-refractivity contribution is 7.89. The molecule has 3 rings (SSSR count). The first-order valence-electron chi connectivity index (χ1n) is 10.3. The molecule has 0 aromatic heterocycles. The molecule has 0 radical (unpaired) electrons. The number of para-hydroxylation sites is 1. The first-order chi connectivity index (χ1) is 14.4. The number of unbranched alkanes of at least 4 members (excludes halogenated alkanes) is 2. The summed E-state index contributed by atoms with van der Waals surface area (Å²) in [7, 11) is -4.01. The number of nitrogens with two attached hydrogens (primary N) is 1. The number of benzene rings is 2. The van der Waals surface area contributed by atoms with Gasteiger partial charge < -0.3 is 15.0 Å². The van der Waals surface area contributed by atoms with Crippen molar-refractivity contribution in [3.8, 4) is 11.5 Å². The minimum absolute atomic E-state index is 0.119. The van der Waals surface area contributed by atoms with E-state index >= 15 is 0 Å². The molecule has 162 valence electrons. The molecule has 2 aromatic rings. The van der Waals surface area contributed by atoms with Crippen LogP contribution in [0.3, 0.4) is 0 Å². The van der Waals surface area contributed by atoms with Gasteiger partial charge in [-0.2, -0.15) is 0 Å². The zero-order valence-electron chi connectivity index (χ0n) is 17.3. The van der Waals surface area contributed by atoms with Gasteiger partial charge in [0.2, 0.25) is 10.0 Å². The summed E-state index contributed by atoms with van der Waals surface area (Å²) in [4.78, 5) is 15.0. The number of nitrogens with one attached hydrogen (secondary N) is 1. The van der Waals surface area contributed by atoms with Crippen LogP contribution in [0.25, 0.3) is 0 Å². The summed E-state index contributed by atoms with van der Waals surface area (Å²) in [5, 5.41) is 8.64. The number of sulfonamides is 1. The average molecular weight is 432 g/mol. The molecule has 0 atom stereocenters. The third-order valence-electron chi connectivity index (χ3n) is 5.15. The molecule has 0 unspecified atom stereocenters. The number of hydrogen-bond donors (Lipinski definition) is 2. The van der Waals surface area contributed by atoms with Gasteiger partial charge in [-0.25, -0.2) is 13.6 Å². The molecule has 0 spiro atoms. The summed E-state index contributed by atoms with van der Waals surface area (Å²) in [5.74, 6) is 0.745. The molecule has 1 aliphatic rings. The van der Waals surface area contributed by atoms with Crippen molar-refractivity contribution in [1.29, 1.82) is 0 Å². The number of hydrogen-bond acceptors (Lipinski definition) is 5. The Bertz CT molecular complexity index is 971. The van der Waals surface area contributed by atoms with Gasteiger partial charge in [0, 0.05) is 43.4 Å². The lowest BCUT2D eigenvalue weighted by atomic mass is 9.98. The van der Waals surface area contributed by atoms with Gasteiger partial charge in [-0.05, 0) is 31.0 Å². The van der Waals surface area contributed by atoms with Crippen molar-refractivity contribution < 1.29 is 17.9 Å². The van der Waals surface area contributed by atoms with E-state index in [1.807, 2.05) is 18.2 Å². The number of carbonyl (C=O) groups is 1. The highest BCUT2D eigenvalue weighted by Gasteiger charge is 2.26. The highest BCUT2D eigenvalue weighted by Crippen LogP contribution is 2.33. The number of carbonyl (C=O) groups excluding carboxylic acids is 1. The monoisotopic (exact) mass is 431 g/mol. The van der Waals surface area contributed by atoms with E-state index < -0.39 is 10.0 Å². The number of nitrogens with zero attached hydrogens (tertiary/aromatic N) is 1. The van der Waals surface area contributed by atoms with E-state index in [-0.39, 0.29) is 10.8 Å². The second kappa shape index (κ2) is 10.1. The lowest BCUT2D eigenvalue weighted by Crippen LogP contribution is -2.46. The number of piperazine rings is 1. The van der Waals surface area contributed by atoms with Crippen molar-refractivity contribution in [3.63, 3.8) is 0 Å². The van der Waals surface area contributed by atoms with Crippen LogP contribution in [0.4, 0.5) is 0 Å². The number of amides is 1. The Labute approximate surface area is 178 Å². The molecule has 1 heterocycles. The van der Waals surface area contributed by atoms with Crippen molar-refractivity contribution in [2.45, 2.75) is 37.5 Å². The van der Waals surface area contributed by atoms with Gasteiger partial charge >= 0.3 is 0 Å². The Kier molecular flexibility index (Phi) is 7.47. The van der Waals surface area contributed by atoms with E-state index in [9.17, 15) is 13.2 Å². The Morgan fingerprint density at radius 1 is 1.13 bits per heavy atom. The first-order valence-corrected chi connectivity index (χ1v) is 11.9. The van der Waals surface area contributed by atoms with Gasteiger partial charge in [-0.1, -0.05) is 38.0 Å². The summed E-state index contributed by atoms with van der Waals surface area (Å²) >= 11 is 0. The predicted molar refractivity (Wildman–Crippen MR) is 116 cm³/mol. The molecule has 7 nitrogen and oxygen atoms in total. The van der Waals surface area contributed by atoms with Crippen molar-refractivity contribution in [2.75, 3.05) is 26.2 Å². The Hall–Kier alpha value is -2.42. The SMILES string of the molecule is CCCCCc1c(Oc2ccccc2)cc(S(N)(=O)=O)cc1C(=O)N1CCNCC1. The lowest BCUT2D eigenvalue weighted by molar-refractivity contribution is 0.0734. The maximum atomic E-state index is 13.3. The zero-order valence-corrected chi connectivity index (χ0v) is 18.1. The molecule has 30 heavy (non-hydrogen) atoms. The maximum absolute atomic E-state index is 13.3. The van der Waals surface area contributed by atoms with Crippen molar-refractivity contribution in [1.82, 2.24) is 10.2 Å². The summed E-state index contributed by atoms with van der Waals surface area (Å²) in [6.45, 7) is 4.67. The second-order valence-electron chi connectivity index (χ2n) is 7.41. The van der Waals surface area contributed by atoms with Gasteiger partial charge in [-0.3, -0.25) is 4.79 Å². The van der Waals surface area contributed by atoms with Gasteiger partial charge in [-0.15, -0.1) is 0 Å². The van der Waals surface area contributed by atoms with Crippen LogP contribution in [0.1, 0.15) is 42.1 Å². The first kappa shape index (κ1) is 22.3. The zero-order chi connectivity index (χ0) is 21.6. The molecule has 3 N–H and O–H groups in total. The maximum Gasteiger partial charge on any atom is 0.254 e. The highest BCUT2D eigenvalue weighted by atomic mass is 32.2. The van der Waals surface area contributed by atoms with Crippen molar-refractivity contribution >= 4 is 15.9 Å². The van der Waals surface area contributed by atoms with E-state index in [0.717, 1.165) is 24.8 Å². The van der Waals surface area contributed by atoms with Crippen LogP contribution >= 0.6 is 0 Å². The summed E-state index contributed by atoms with van der Waals surface area (Å²) in [6, 6.07) is 11.9. The quantitative estimate of drug-likeness (QED) is 0.626. The molecule has 1 fully saturated rings. The van der Waals surface area contributed by atoms with E-state index in [0.29, 0.717) is 49.7 Å². The van der Waals surface area contributed by atoms with Crippen LogP contribution in [0, 0.1) is 0 Å². The number of rotatable bonds is 8. The normalized spacial score (nSPS) is 14.5. The number of ether oxygens (including phenoxy) is 1. The molecule has 0 bridgehead atoms. The predicted octanol–water partition coefficient (Wildman–Crippen LogP) is 2.90. The Balaban J connectivity index is 2.10. The fraction of sp³-hybridized carbons (Fsp3) is 0.409. The van der Waals surface area contributed by atoms with Crippen LogP contribution in [0.2, 0.25) is 0 Å². The molecule has 0 saturated carbocycles. The van der Waals surface area contributed by atoms with Crippen LogP contribution < -0.4 is 15.2 Å². The van der Waals surface area contributed by atoms with Crippen molar-refractivity contribution in [2.24, 2.45) is 5.14 Å². The van der Waals surface area contributed by atoms with Gasteiger partial charge in [0.05, 0.1) is 4.90 Å². The van der Waals surface area contributed by atoms with Crippen LogP contribution in [-0.4, -0.2) is 45.4 Å². The molecule has 1 amide bonds. The fourth-order valence-electron chi connectivity index (χ4n) is 3.53. The molecule has 2 aromatic carbocycles. The topological polar surface area (TPSA) is 102 Å². The smallest absolute Gasteiger partial charge is 0.254 e. The van der Waals surface area contributed by atoms with Crippen LogP contribution in [0.5, 0.6) is 11.5 Å². The third-order valence-corrected chi connectivity index (χ3v) is 6.04. The van der Waals surface area contributed by atoms with Crippen LogP contribution in [-0.2, 0) is 16.4 Å². The van der Waals surface area contributed by atoms with E-state index in [2.05, 4.69) is 12.2 Å². The average Bonchev–Trinajstić information content (AvgIpc) is 2.74. The summed E-state index contributed by atoms with van der Waals surface area (Å²) in [5.41, 5.74) is 1.08. The summed E-state index contributed by atoms with van der Waals surface area (Å²) in [6.07, 6.45) is 3.53. The van der Waals surface area contributed by atoms with Crippen molar-refractivity contribution in [3.05, 3.63) is 53.6 Å². The molecule has 8 heteroatoms. The Morgan fingerprint density at radius 3 is 2.47 bits per heavy atom.